The molecule has 0 saturated carbocycles. The van der Waals surface area contributed by atoms with E-state index in [0.717, 1.165) is 17.9 Å². The zero-order chi connectivity index (χ0) is 15.1. The van der Waals surface area contributed by atoms with Crippen molar-refractivity contribution in [3.63, 3.8) is 0 Å². The Morgan fingerprint density at radius 1 is 1.45 bits per heavy atom. The van der Waals surface area contributed by atoms with Gasteiger partial charge in [0, 0.05) is 24.1 Å². The SMILES string of the molecule is CCC(C)COC.NC(=O)c1cc2cc(Cl)ccc2o1. The van der Waals surface area contributed by atoms with Crippen LogP contribution in [-0.2, 0) is 4.74 Å². The van der Waals surface area contributed by atoms with Crippen molar-refractivity contribution in [3.05, 3.63) is 35.0 Å². The van der Waals surface area contributed by atoms with Gasteiger partial charge in [-0.2, -0.15) is 0 Å². The number of hydrogen-bond donors (Lipinski definition) is 1. The topological polar surface area (TPSA) is 65.5 Å². The van der Waals surface area contributed by atoms with E-state index in [0.29, 0.717) is 10.6 Å². The number of fused-ring (bicyclic) bond motifs is 1. The molecular weight excluding hydrogens is 278 g/mol. The standard InChI is InChI=1S/C9H6ClNO2.C6H14O/c10-6-1-2-7-5(3-6)4-8(13-7)9(11)12;1-4-6(2)5-7-3/h1-4H,(H2,11,12);6H,4-5H2,1-3H3. The Morgan fingerprint density at radius 3 is 2.65 bits per heavy atom. The van der Waals surface area contributed by atoms with Crippen molar-refractivity contribution in [1.29, 1.82) is 0 Å². The summed E-state index contributed by atoms with van der Waals surface area (Å²) in [5.41, 5.74) is 5.66. The highest BCUT2D eigenvalue weighted by Gasteiger charge is 2.07. The molecule has 1 heterocycles. The average Bonchev–Trinajstić information content (AvgIpc) is 2.83. The summed E-state index contributed by atoms with van der Waals surface area (Å²) in [5.74, 6) is 0.301. The number of ether oxygens (including phenoxy) is 1. The van der Waals surface area contributed by atoms with Crippen molar-refractivity contribution in [2.24, 2.45) is 11.7 Å². The van der Waals surface area contributed by atoms with Crippen molar-refractivity contribution in [3.8, 4) is 0 Å². The largest absolute Gasteiger partial charge is 0.451 e. The van der Waals surface area contributed by atoms with Crippen molar-refractivity contribution in [1.82, 2.24) is 0 Å². The fraction of sp³-hybridized carbons (Fsp3) is 0.400. The van der Waals surface area contributed by atoms with Crippen LogP contribution in [0.15, 0.2) is 28.7 Å². The van der Waals surface area contributed by atoms with Crippen LogP contribution in [0.5, 0.6) is 0 Å². The maximum atomic E-state index is 10.8. The van der Waals surface area contributed by atoms with Crippen molar-refractivity contribution >= 4 is 28.5 Å². The van der Waals surface area contributed by atoms with E-state index in [9.17, 15) is 4.79 Å². The molecule has 0 radical (unpaired) electrons. The predicted molar refractivity (Wildman–Crippen MR) is 81.1 cm³/mol. The Morgan fingerprint density at radius 2 is 2.15 bits per heavy atom. The Labute approximate surface area is 123 Å². The second-order valence-electron chi connectivity index (χ2n) is 4.63. The van der Waals surface area contributed by atoms with Gasteiger partial charge in [0.1, 0.15) is 5.58 Å². The van der Waals surface area contributed by atoms with Gasteiger partial charge < -0.3 is 14.9 Å². The van der Waals surface area contributed by atoms with E-state index in [-0.39, 0.29) is 5.76 Å². The summed E-state index contributed by atoms with van der Waals surface area (Å²) in [6.45, 7) is 5.25. The van der Waals surface area contributed by atoms with Gasteiger partial charge in [-0.25, -0.2) is 0 Å². The quantitative estimate of drug-likeness (QED) is 0.931. The van der Waals surface area contributed by atoms with Crippen LogP contribution < -0.4 is 5.73 Å². The molecule has 1 aromatic heterocycles. The maximum Gasteiger partial charge on any atom is 0.284 e. The molecule has 1 atom stereocenters. The van der Waals surface area contributed by atoms with Crippen LogP contribution in [0.3, 0.4) is 0 Å². The van der Waals surface area contributed by atoms with Crippen LogP contribution in [0.4, 0.5) is 0 Å². The summed E-state index contributed by atoms with van der Waals surface area (Å²) in [6, 6.07) is 6.68. The molecule has 1 aromatic carbocycles. The third-order valence-corrected chi connectivity index (χ3v) is 3.10. The number of furan rings is 1. The van der Waals surface area contributed by atoms with Gasteiger partial charge in [0.2, 0.25) is 0 Å². The summed E-state index contributed by atoms with van der Waals surface area (Å²) in [7, 11) is 1.74. The first kappa shape index (κ1) is 16.5. The molecule has 0 aliphatic rings. The highest BCUT2D eigenvalue weighted by Crippen LogP contribution is 2.22. The van der Waals surface area contributed by atoms with Gasteiger partial charge in [0.15, 0.2) is 5.76 Å². The first-order valence-corrected chi connectivity index (χ1v) is 6.83. The lowest BCUT2D eigenvalue weighted by molar-refractivity contribution is 0.0976. The lowest BCUT2D eigenvalue weighted by Crippen LogP contribution is -2.08. The summed E-state index contributed by atoms with van der Waals surface area (Å²) < 4.78 is 10.0. The van der Waals surface area contributed by atoms with Gasteiger partial charge in [-0.1, -0.05) is 31.9 Å². The first-order chi connectivity index (χ1) is 9.47. The van der Waals surface area contributed by atoms with Gasteiger partial charge in [0.05, 0.1) is 0 Å². The van der Waals surface area contributed by atoms with E-state index in [1.165, 1.54) is 6.42 Å². The number of carbonyl (C=O) groups is 1. The van der Waals surface area contributed by atoms with Crippen LogP contribution in [-0.4, -0.2) is 19.6 Å². The number of rotatable bonds is 4. The summed E-state index contributed by atoms with van der Waals surface area (Å²) >= 11 is 5.75. The van der Waals surface area contributed by atoms with Crippen molar-refractivity contribution in [2.45, 2.75) is 20.3 Å². The molecule has 0 fully saturated rings. The second-order valence-corrected chi connectivity index (χ2v) is 5.06. The summed E-state index contributed by atoms with van der Waals surface area (Å²) in [4.78, 5) is 10.8. The Bertz CT molecular complexity index is 565. The molecule has 1 amide bonds. The number of carbonyl (C=O) groups excluding carboxylic acids is 1. The number of halogens is 1. The number of methoxy groups -OCH3 is 1. The number of nitrogens with two attached hydrogens (primary N) is 1. The van der Waals surface area contributed by atoms with Gasteiger partial charge in [-0.15, -0.1) is 0 Å². The normalized spacial score (nSPS) is 11.8. The van der Waals surface area contributed by atoms with Crippen LogP contribution in [0.1, 0.15) is 30.8 Å². The molecule has 1 unspecified atom stereocenters. The van der Waals surface area contributed by atoms with Gasteiger partial charge in [-0.3, -0.25) is 4.79 Å². The molecule has 0 aliphatic heterocycles. The fourth-order valence-electron chi connectivity index (χ4n) is 1.54. The highest BCUT2D eigenvalue weighted by atomic mass is 35.5. The van der Waals surface area contributed by atoms with Crippen LogP contribution in [0.25, 0.3) is 11.0 Å². The molecule has 4 nitrogen and oxygen atoms in total. The highest BCUT2D eigenvalue weighted by molar-refractivity contribution is 6.31. The lowest BCUT2D eigenvalue weighted by Gasteiger charge is -2.03. The maximum absolute atomic E-state index is 10.8. The molecule has 0 aliphatic carbocycles. The Balaban J connectivity index is 0.000000246. The summed E-state index contributed by atoms with van der Waals surface area (Å²) in [6.07, 6.45) is 1.22. The summed E-state index contributed by atoms with van der Waals surface area (Å²) in [5, 5.41) is 1.38. The molecule has 0 saturated heterocycles. The van der Waals surface area contributed by atoms with Crippen LogP contribution in [0, 0.1) is 5.92 Å². The van der Waals surface area contributed by atoms with Gasteiger partial charge in [-0.05, 0) is 30.2 Å². The predicted octanol–water partition coefficient (Wildman–Crippen LogP) is 3.86. The number of benzene rings is 1. The molecule has 20 heavy (non-hydrogen) atoms. The third-order valence-electron chi connectivity index (χ3n) is 2.87. The van der Waals surface area contributed by atoms with E-state index in [4.69, 9.17) is 26.5 Å². The van der Waals surface area contributed by atoms with E-state index in [1.54, 1.807) is 31.4 Å². The molecule has 0 spiro atoms. The van der Waals surface area contributed by atoms with Crippen LogP contribution in [0.2, 0.25) is 5.02 Å². The van der Waals surface area contributed by atoms with E-state index in [2.05, 4.69) is 13.8 Å². The molecule has 2 aromatic rings. The van der Waals surface area contributed by atoms with Crippen LogP contribution >= 0.6 is 11.6 Å². The molecule has 2 rings (SSSR count). The third kappa shape index (κ3) is 4.87. The minimum absolute atomic E-state index is 0.150. The minimum Gasteiger partial charge on any atom is -0.451 e. The zero-order valence-corrected chi connectivity index (χ0v) is 12.7. The second kappa shape index (κ2) is 7.92. The number of primary amides is 1. The van der Waals surface area contributed by atoms with E-state index in [1.807, 2.05) is 0 Å². The van der Waals surface area contributed by atoms with Crippen molar-refractivity contribution < 1.29 is 13.9 Å². The minimum atomic E-state index is -0.577. The van der Waals surface area contributed by atoms with Gasteiger partial charge >= 0.3 is 0 Å². The van der Waals surface area contributed by atoms with Gasteiger partial charge in [0.25, 0.3) is 5.91 Å². The molecule has 2 N–H and O–H groups in total. The lowest BCUT2D eigenvalue weighted by atomic mass is 10.1. The average molecular weight is 298 g/mol. The van der Waals surface area contributed by atoms with E-state index < -0.39 is 5.91 Å². The van der Waals surface area contributed by atoms with Crippen molar-refractivity contribution in [2.75, 3.05) is 13.7 Å². The fourth-order valence-corrected chi connectivity index (χ4v) is 1.72. The number of amides is 1. The first-order valence-electron chi connectivity index (χ1n) is 6.45. The smallest absolute Gasteiger partial charge is 0.284 e. The molecule has 0 bridgehead atoms. The molecule has 110 valence electrons. The Hall–Kier alpha value is -1.52. The molecule has 5 heteroatoms. The number of hydrogen-bond acceptors (Lipinski definition) is 3. The van der Waals surface area contributed by atoms with E-state index >= 15 is 0 Å². The monoisotopic (exact) mass is 297 g/mol. The Kier molecular flexibility index (Phi) is 6.55. The zero-order valence-electron chi connectivity index (χ0n) is 12.0. The molecular formula is C15H20ClNO3.